The number of pyridine rings is 1. The maximum atomic E-state index is 13.7. The number of piperidine rings is 1. The fraction of sp³-hybridized carbons (Fsp3) is 0.391. The Kier molecular flexibility index (Phi) is 5.63. The topological polar surface area (TPSA) is 91.4 Å². The number of amides is 2. The van der Waals surface area contributed by atoms with E-state index in [4.69, 9.17) is 4.74 Å². The molecular weight excluding hydrogens is 394 g/mol. The van der Waals surface area contributed by atoms with Crippen LogP contribution in [-0.2, 0) is 0 Å². The number of nitrogens with zero attached hydrogens (tertiary/aromatic N) is 4. The first-order valence-corrected chi connectivity index (χ1v) is 10.4. The predicted octanol–water partition coefficient (Wildman–Crippen LogP) is 3.34. The largest absolute Gasteiger partial charge is 0.494 e. The number of methoxy groups -OCH3 is 1. The Morgan fingerprint density at radius 1 is 1.23 bits per heavy atom. The summed E-state index contributed by atoms with van der Waals surface area (Å²) in [7, 11) is 5.03. The van der Waals surface area contributed by atoms with E-state index in [2.05, 4.69) is 15.2 Å². The molecule has 8 heteroatoms. The molecule has 8 nitrogen and oxygen atoms in total. The number of nitrogens with one attached hydrogen (secondary N) is 1. The molecule has 4 rings (SSSR count). The Bertz CT molecular complexity index is 1140. The third-order valence-electron chi connectivity index (χ3n) is 5.85. The highest BCUT2D eigenvalue weighted by atomic mass is 16.5. The minimum absolute atomic E-state index is 0.0859. The fourth-order valence-corrected chi connectivity index (χ4v) is 4.24. The summed E-state index contributed by atoms with van der Waals surface area (Å²) >= 11 is 0. The highest BCUT2D eigenvalue weighted by molar-refractivity contribution is 6.00. The monoisotopic (exact) mass is 421 g/mol. The molecule has 1 saturated heterocycles. The van der Waals surface area contributed by atoms with Crippen LogP contribution in [0.4, 0.5) is 0 Å². The molecule has 0 saturated carbocycles. The molecule has 31 heavy (non-hydrogen) atoms. The molecular formula is C23H27N5O3. The molecule has 0 unspecified atom stereocenters. The second kappa shape index (κ2) is 8.37. The summed E-state index contributed by atoms with van der Waals surface area (Å²) in [6.07, 6.45) is 4.22. The van der Waals surface area contributed by atoms with Crippen molar-refractivity contribution >= 4 is 22.7 Å². The zero-order valence-electron chi connectivity index (χ0n) is 18.3. The molecule has 162 valence electrons. The van der Waals surface area contributed by atoms with E-state index in [0.29, 0.717) is 34.8 Å². The number of H-pyrrole nitrogens is 1. The molecule has 2 amide bonds. The molecule has 1 aliphatic rings. The van der Waals surface area contributed by atoms with E-state index < -0.39 is 0 Å². The normalized spacial score (nSPS) is 16.4. The quantitative estimate of drug-likeness (QED) is 0.698. The summed E-state index contributed by atoms with van der Waals surface area (Å²) < 4.78 is 5.42. The molecule has 0 aliphatic carbocycles. The van der Waals surface area contributed by atoms with E-state index in [0.717, 1.165) is 30.2 Å². The molecule has 1 atom stereocenters. The molecule has 2 aromatic heterocycles. The van der Waals surface area contributed by atoms with Crippen molar-refractivity contribution in [1.29, 1.82) is 0 Å². The second-order valence-corrected chi connectivity index (χ2v) is 8.06. The Hall–Kier alpha value is -3.42. The molecule has 1 fully saturated rings. The van der Waals surface area contributed by atoms with Crippen molar-refractivity contribution in [3.8, 4) is 5.75 Å². The zero-order chi connectivity index (χ0) is 22.1. The number of benzene rings is 1. The highest BCUT2D eigenvalue weighted by Gasteiger charge is 2.33. The van der Waals surface area contributed by atoms with Gasteiger partial charge in [-0.2, -0.15) is 5.10 Å². The van der Waals surface area contributed by atoms with Gasteiger partial charge < -0.3 is 14.5 Å². The number of fused-ring (bicyclic) bond motifs is 1. The zero-order valence-corrected chi connectivity index (χ0v) is 18.3. The number of aromatic nitrogens is 3. The number of aryl methyl sites for hydroxylation is 1. The summed E-state index contributed by atoms with van der Waals surface area (Å²) in [5.41, 5.74) is 3.16. The van der Waals surface area contributed by atoms with Crippen molar-refractivity contribution in [2.75, 3.05) is 27.7 Å². The van der Waals surface area contributed by atoms with Crippen molar-refractivity contribution in [2.24, 2.45) is 0 Å². The van der Waals surface area contributed by atoms with Crippen LogP contribution in [-0.4, -0.2) is 64.5 Å². The summed E-state index contributed by atoms with van der Waals surface area (Å²) in [4.78, 5) is 34.3. The van der Waals surface area contributed by atoms with Gasteiger partial charge in [0.05, 0.1) is 41.9 Å². The van der Waals surface area contributed by atoms with Crippen LogP contribution in [0.2, 0.25) is 0 Å². The number of carbonyl (C=O) groups excluding carboxylic acids is 2. The molecule has 3 heterocycles. The minimum atomic E-state index is -0.233. The number of likely N-dealkylation sites (tertiary alicyclic amines) is 1. The lowest BCUT2D eigenvalue weighted by Gasteiger charge is -2.36. The number of para-hydroxylation sites is 1. The number of hydrogen-bond donors (Lipinski definition) is 1. The van der Waals surface area contributed by atoms with Crippen LogP contribution in [0.15, 0.2) is 30.5 Å². The molecule has 1 aromatic carbocycles. The van der Waals surface area contributed by atoms with E-state index in [-0.39, 0.29) is 17.9 Å². The first-order chi connectivity index (χ1) is 14.9. The number of carbonyl (C=O) groups is 2. The van der Waals surface area contributed by atoms with Gasteiger partial charge in [0.15, 0.2) is 0 Å². The molecule has 0 radical (unpaired) electrons. The van der Waals surface area contributed by atoms with Crippen molar-refractivity contribution in [2.45, 2.75) is 32.2 Å². The van der Waals surface area contributed by atoms with Crippen molar-refractivity contribution < 1.29 is 14.3 Å². The standard InChI is InChI=1S/C23H27N5O3/c1-14-16(12-15-8-7-10-19(31-4)20(15)25-14)23(30)28-11-6-5-9-18(28)21-17(13-24-26-21)22(29)27(2)3/h7-8,10,12-13,18H,5-6,9,11H2,1-4H3,(H,24,26)/t18-/m0/s1. The average molecular weight is 422 g/mol. The van der Waals surface area contributed by atoms with E-state index >= 15 is 0 Å². The van der Waals surface area contributed by atoms with Crippen LogP contribution in [0.1, 0.15) is 57.4 Å². The number of aromatic amines is 1. The first kappa shape index (κ1) is 20.8. The number of ether oxygens (including phenoxy) is 1. The highest BCUT2D eigenvalue weighted by Crippen LogP contribution is 2.34. The average Bonchev–Trinajstić information content (AvgIpc) is 3.26. The Morgan fingerprint density at radius 3 is 2.77 bits per heavy atom. The summed E-state index contributed by atoms with van der Waals surface area (Å²) in [5.74, 6) is 0.467. The van der Waals surface area contributed by atoms with Crippen LogP contribution in [0.3, 0.4) is 0 Å². The molecule has 0 bridgehead atoms. The van der Waals surface area contributed by atoms with Crippen LogP contribution in [0.5, 0.6) is 5.75 Å². The smallest absolute Gasteiger partial charge is 0.256 e. The van der Waals surface area contributed by atoms with Gasteiger partial charge in [0.25, 0.3) is 11.8 Å². The van der Waals surface area contributed by atoms with Gasteiger partial charge in [0.2, 0.25) is 0 Å². The van der Waals surface area contributed by atoms with Gasteiger partial charge in [0.1, 0.15) is 11.3 Å². The van der Waals surface area contributed by atoms with E-state index in [9.17, 15) is 9.59 Å². The lowest BCUT2D eigenvalue weighted by Crippen LogP contribution is -2.40. The number of hydrogen-bond acceptors (Lipinski definition) is 5. The maximum absolute atomic E-state index is 13.7. The van der Waals surface area contributed by atoms with Gasteiger partial charge in [0, 0.05) is 26.0 Å². The van der Waals surface area contributed by atoms with Crippen LogP contribution < -0.4 is 4.74 Å². The van der Waals surface area contributed by atoms with E-state index in [1.54, 1.807) is 27.4 Å². The lowest BCUT2D eigenvalue weighted by atomic mass is 9.95. The SMILES string of the molecule is COc1cccc2cc(C(=O)N3CCCC[C@H]3c3[nH]ncc3C(=O)N(C)C)c(C)nc12. The number of rotatable bonds is 4. The second-order valence-electron chi connectivity index (χ2n) is 8.06. The third kappa shape index (κ3) is 3.73. The van der Waals surface area contributed by atoms with Gasteiger partial charge >= 0.3 is 0 Å². The van der Waals surface area contributed by atoms with Gasteiger partial charge in [-0.15, -0.1) is 0 Å². The van der Waals surface area contributed by atoms with Gasteiger partial charge in [-0.3, -0.25) is 14.7 Å². The van der Waals surface area contributed by atoms with E-state index in [1.807, 2.05) is 36.1 Å². The summed E-state index contributed by atoms with van der Waals surface area (Å²) in [6.45, 7) is 2.46. The van der Waals surface area contributed by atoms with Gasteiger partial charge in [-0.1, -0.05) is 12.1 Å². The Balaban J connectivity index is 1.73. The van der Waals surface area contributed by atoms with Gasteiger partial charge in [-0.05, 0) is 38.3 Å². The van der Waals surface area contributed by atoms with Crippen LogP contribution in [0.25, 0.3) is 10.9 Å². The summed E-state index contributed by atoms with van der Waals surface area (Å²) in [5, 5.41) is 7.95. The maximum Gasteiger partial charge on any atom is 0.256 e. The van der Waals surface area contributed by atoms with Crippen molar-refractivity contribution in [1.82, 2.24) is 25.0 Å². The Morgan fingerprint density at radius 2 is 2.03 bits per heavy atom. The molecule has 1 aliphatic heterocycles. The van der Waals surface area contributed by atoms with Crippen molar-refractivity contribution in [3.63, 3.8) is 0 Å². The predicted molar refractivity (Wildman–Crippen MR) is 117 cm³/mol. The lowest BCUT2D eigenvalue weighted by molar-refractivity contribution is 0.0599. The first-order valence-electron chi connectivity index (χ1n) is 10.4. The summed E-state index contributed by atoms with van der Waals surface area (Å²) in [6, 6.07) is 7.33. The molecule has 0 spiro atoms. The van der Waals surface area contributed by atoms with Gasteiger partial charge in [-0.25, -0.2) is 4.98 Å². The molecule has 1 N–H and O–H groups in total. The van der Waals surface area contributed by atoms with Crippen LogP contribution >= 0.6 is 0 Å². The van der Waals surface area contributed by atoms with E-state index in [1.165, 1.54) is 4.90 Å². The third-order valence-corrected chi connectivity index (χ3v) is 5.85. The fourth-order valence-electron chi connectivity index (χ4n) is 4.24. The molecule has 3 aromatic rings. The Labute approximate surface area is 181 Å². The minimum Gasteiger partial charge on any atom is -0.494 e. The van der Waals surface area contributed by atoms with Crippen LogP contribution in [0, 0.1) is 6.92 Å². The van der Waals surface area contributed by atoms with Crippen molar-refractivity contribution in [3.05, 3.63) is 53.0 Å².